The number of benzene rings is 1. The van der Waals surface area contributed by atoms with Crippen molar-refractivity contribution in [1.29, 1.82) is 0 Å². The van der Waals surface area contributed by atoms with Crippen molar-refractivity contribution >= 4 is 24.3 Å². The highest BCUT2D eigenvalue weighted by Gasteiger charge is 2.10. The molecule has 4 N–H and O–H groups in total. The first-order chi connectivity index (χ1) is 10.0. The number of carbonyl (C=O) groups is 2. The molecule has 6 nitrogen and oxygen atoms in total. The number of halogens is 1. The van der Waals surface area contributed by atoms with Crippen molar-refractivity contribution in [3.63, 3.8) is 0 Å². The molecule has 0 aliphatic carbocycles. The highest BCUT2D eigenvalue weighted by Crippen LogP contribution is 2.02. The zero-order chi connectivity index (χ0) is 15.7. The van der Waals surface area contributed by atoms with Gasteiger partial charge in [-0.2, -0.15) is 0 Å². The first-order valence-corrected chi connectivity index (χ1v) is 7.05. The van der Waals surface area contributed by atoms with E-state index in [4.69, 9.17) is 5.73 Å². The van der Waals surface area contributed by atoms with Crippen LogP contribution in [0.5, 0.6) is 0 Å². The molecule has 22 heavy (non-hydrogen) atoms. The molecule has 0 heterocycles. The standard InChI is InChI=1S/C15H24N4O2.ClH/c1-12(10-16)18-14(20)8-9-17-15(21)19(2)11-13-6-4-3-5-7-13;/h3-7,12H,8-11,16H2,1-2H3,(H,17,21)(H,18,20);1H/t12-;/m0./s1. The van der Waals surface area contributed by atoms with Gasteiger partial charge in [0.15, 0.2) is 0 Å². The molecule has 124 valence electrons. The molecule has 0 aromatic heterocycles. The van der Waals surface area contributed by atoms with E-state index in [0.717, 1.165) is 5.56 Å². The Balaban J connectivity index is 0.00000441. The predicted molar refractivity (Wildman–Crippen MR) is 89.8 cm³/mol. The van der Waals surface area contributed by atoms with Gasteiger partial charge in [-0.1, -0.05) is 30.3 Å². The zero-order valence-electron chi connectivity index (χ0n) is 13.0. The van der Waals surface area contributed by atoms with Crippen molar-refractivity contribution in [2.24, 2.45) is 5.73 Å². The number of carbonyl (C=O) groups excluding carboxylic acids is 2. The Kier molecular flexibility index (Phi) is 9.98. The number of amides is 3. The van der Waals surface area contributed by atoms with Gasteiger partial charge in [0.25, 0.3) is 0 Å². The van der Waals surface area contributed by atoms with E-state index < -0.39 is 0 Å². The molecule has 0 spiro atoms. The second kappa shape index (κ2) is 10.9. The molecule has 1 atom stereocenters. The average molecular weight is 329 g/mol. The summed E-state index contributed by atoms with van der Waals surface area (Å²) in [5, 5.41) is 5.46. The summed E-state index contributed by atoms with van der Waals surface area (Å²) in [6.07, 6.45) is 0.245. The number of nitrogens with two attached hydrogens (primary N) is 1. The lowest BCUT2D eigenvalue weighted by atomic mass is 10.2. The first-order valence-electron chi connectivity index (χ1n) is 7.05. The lowest BCUT2D eigenvalue weighted by Crippen LogP contribution is -2.41. The van der Waals surface area contributed by atoms with Crippen LogP contribution < -0.4 is 16.4 Å². The van der Waals surface area contributed by atoms with Gasteiger partial charge in [-0.05, 0) is 12.5 Å². The van der Waals surface area contributed by atoms with Crippen LogP contribution in [0.4, 0.5) is 4.79 Å². The maximum atomic E-state index is 11.9. The first kappa shape index (κ1) is 20.2. The second-order valence-corrected chi connectivity index (χ2v) is 5.03. The molecule has 0 saturated carbocycles. The van der Waals surface area contributed by atoms with Crippen LogP contribution in [0.2, 0.25) is 0 Å². The van der Waals surface area contributed by atoms with Crippen LogP contribution in [0.25, 0.3) is 0 Å². The van der Waals surface area contributed by atoms with Crippen molar-refractivity contribution in [3.8, 4) is 0 Å². The van der Waals surface area contributed by atoms with Crippen LogP contribution >= 0.6 is 12.4 Å². The van der Waals surface area contributed by atoms with Crippen LogP contribution in [0.15, 0.2) is 30.3 Å². The fraction of sp³-hybridized carbons (Fsp3) is 0.467. The van der Waals surface area contributed by atoms with Crippen molar-refractivity contribution < 1.29 is 9.59 Å². The van der Waals surface area contributed by atoms with Gasteiger partial charge in [0.2, 0.25) is 5.91 Å². The molecule has 1 rings (SSSR count). The molecule has 0 fully saturated rings. The molecule has 0 aliphatic heterocycles. The molecule has 0 aliphatic rings. The van der Waals surface area contributed by atoms with Gasteiger partial charge < -0.3 is 21.3 Å². The highest BCUT2D eigenvalue weighted by molar-refractivity contribution is 5.85. The van der Waals surface area contributed by atoms with Crippen LogP contribution in [-0.4, -0.2) is 43.0 Å². The molecule has 7 heteroatoms. The summed E-state index contributed by atoms with van der Waals surface area (Å²) in [7, 11) is 1.72. The van der Waals surface area contributed by atoms with Gasteiger partial charge in [0.05, 0.1) is 0 Å². The summed E-state index contributed by atoms with van der Waals surface area (Å²) >= 11 is 0. The Morgan fingerprint density at radius 3 is 2.50 bits per heavy atom. The lowest BCUT2D eigenvalue weighted by molar-refractivity contribution is -0.121. The minimum Gasteiger partial charge on any atom is -0.352 e. The maximum absolute atomic E-state index is 11.9. The number of nitrogens with zero attached hydrogens (tertiary/aromatic N) is 1. The van der Waals surface area contributed by atoms with Crippen LogP contribution in [0, 0.1) is 0 Å². The van der Waals surface area contributed by atoms with Gasteiger partial charge in [-0.3, -0.25) is 4.79 Å². The van der Waals surface area contributed by atoms with E-state index in [1.165, 1.54) is 0 Å². The fourth-order valence-electron chi connectivity index (χ4n) is 1.75. The van der Waals surface area contributed by atoms with E-state index in [2.05, 4.69) is 10.6 Å². The predicted octanol–water partition coefficient (Wildman–Crippen LogP) is 1.10. The Morgan fingerprint density at radius 1 is 1.27 bits per heavy atom. The molecule has 0 radical (unpaired) electrons. The largest absolute Gasteiger partial charge is 0.352 e. The molecular formula is C15H25ClN4O2. The zero-order valence-corrected chi connectivity index (χ0v) is 13.9. The van der Waals surface area contributed by atoms with Crippen molar-refractivity contribution in [2.75, 3.05) is 20.1 Å². The SMILES string of the molecule is C[C@@H](CN)NC(=O)CCNC(=O)N(C)Cc1ccccc1.Cl. The van der Waals surface area contributed by atoms with Gasteiger partial charge in [0.1, 0.15) is 0 Å². The molecule has 0 unspecified atom stereocenters. The number of hydrogen-bond acceptors (Lipinski definition) is 3. The Bertz CT molecular complexity index is 456. The van der Waals surface area contributed by atoms with Crippen molar-refractivity contribution in [1.82, 2.24) is 15.5 Å². The van der Waals surface area contributed by atoms with Gasteiger partial charge in [-0.25, -0.2) is 4.79 Å². The van der Waals surface area contributed by atoms with E-state index in [0.29, 0.717) is 19.6 Å². The van der Waals surface area contributed by atoms with Crippen LogP contribution in [0.1, 0.15) is 18.9 Å². The summed E-state index contributed by atoms with van der Waals surface area (Å²) in [6, 6.07) is 9.49. The average Bonchev–Trinajstić information content (AvgIpc) is 2.47. The summed E-state index contributed by atoms with van der Waals surface area (Å²) < 4.78 is 0. The third-order valence-corrected chi connectivity index (χ3v) is 3.00. The van der Waals surface area contributed by atoms with Crippen molar-refractivity contribution in [2.45, 2.75) is 25.9 Å². The summed E-state index contributed by atoms with van der Waals surface area (Å²) in [5.74, 6) is -0.112. The molecule has 3 amide bonds. The molecule has 0 bridgehead atoms. The van der Waals surface area contributed by atoms with Gasteiger partial charge in [0, 0.05) is 39.1 Å². The fourth-order valence-corrected chi connectivity index (χ4v) is 1.75. The van der Waals surface area contributed by atoms with Crippen molar-refractivity contribution in [3.05, 3.63) is 35.9 Å². The minimum absolute atomic E-state index is 0. The Morgan fingerprint density at radius 2 is 1.91 bits per heavy atom. The van der Waals surface area contributed by atoms with Crippen LogP contribution in [0.3, 0.4) is 0 Å². The number of rotatable bonds is 7. The smallest absolute Gasteiger partial charge is 0.317 e. The van der Waals surface area contributed by atoms with E-state index in [1.54, 1.807) is 11.9 Å². The van der Waals surface area contributed by atoms with E-state index in [9.17, 15) is 9.59 Å². The number of urea groups is 1. The molecule has 0 saturated heterocycles. The quantitative estimate of drug-likeness (QED) is 0.700. The second-order valence-electron chi connectivity index (χ2n) is 5.03. The lowest BCUT2D eigenvalue weighted by Gasteiger charge is -2.18. The number of hydrogen-bond donors (Lipinski definition) is 3. The normalized spacial score (nSPS) is 11.0. The third kappa shape index (κ3) is 7.85. The third-order valence-electron chi connectivity index (χ3n) is 3.00. The van der Waals surface area contributed by atoms with Gasteiger partial charge >= 0.3 is 6.03 Å². The topological polar surface area (TPSA) is 87.5 Å². The molecule has 1 aromatic rings. The minimum atomic E-state index is -0.196. The molecular weight excluding hydrogens is 304 g/mol. The van der Waals surface area contributed by atoms with E-state index >= 15 is 0 Å². The number of nitrogens with one attached hydrogen (secondary N) is 2. The van der Waals surface area contributed by atoms with E-state index in [1.807, 2.05) is 37.3 Å². The monoisotopic (exact) mass is 328 g/mol. The summed E-state index contributed by atoms with van der Waals surface area (Å²) in [4.78, 5) is 25.0. The van der Waals surface area contributed by atoms with Crippen LogP contribution in [-0.2, 0) is 11.3 Å². The highest BCUT2D eigenvalue weighted by atomic mass is 35.5. The van der Waals surface area contributed by atoms with Gasteiger partial charge in [-0.15, -0.1) is 12.4 Å². The van der Waals surface area contributed by atoms with E-state index in [-0.39, 0.29) is 36.8 Å². The summed E-state index contributed by atoms with van der Waals surface area (Å²) in [6.45, 7) is 3.08. The molecule has 1 aromatic carbocycles. The summed E-state index contributed by atoms with van der Waals surface area (Å²) in [5.41, 5.74) is 6.48. The Labute approximate surface area is 137 Å². The Hall–Kier alpha value is -1.79. The maximum Gasteiger partial charge on any atom is 0.317 e.